The highest BCUT2D eigenvalue weighted by molar-refractivity contribution is 7.91. The second-order valence-corrected chi connectivity index (χ2v) is 8.38. The van der Waals surface area contributed by atoms with Crippen LogP contribution in [0.15, 0.2) is 47.5 Å². The number of aromatic nitrogens is 3. The van der Waals surface area contributed by atoms with Crippen LogP contribution in [-0.4, -0.2) is 33.9 Å². The third-order valence-electron chi connectivity index (χ3n) is 4.25. The molecule has 0 atom stereocenters. The molecule has 2 aromatic heterocycles. The molecule has 0 unspecified atom stereocenters. The Hall–Kier alpha value is -3.41. The van der Waals surface area contributed by atoms with E-state index in [1.54, 1.807) is 23.0 Å². The number of sulfone groups is 1. The molecule has 0 radical (unpaired) electrons. The van der Waals surface area contributed by atoms with Gasteiger partial charge in [-0.2, -0.15) is 13.9 Å². The van der Waals surface area contributed by atoms with Crippen molar-refractivity contribution >= 4 is 21.2 Å². The number of nitrogens with zero attached hydrogens (tertiary/aromatic N) is 4. The lowest BCUT2D eigenvalue weighted by Gasteiger charge is -2.10. The summed E-state index contributed by atoms with van der Waals surface area (Å²) in [5.74, 6) is -3.06. The minimum absolute atomic E-state index is 0.00385. The predicted octanol–water partition coefficient (Wildman–Crippen LogP) is 3.40. The zero-order chi connectivity index (χ0) is 22.1. The van der Waals surface area contributed by atoms with Crippen LogP contribution in [0.4, 0.5) is 20.2 Å². The van der Waals surface area contributed by atoms with Crippen LogP contribution in [0.1, 0.15) is 17.0 Å². The first-order valence-electron chi connectivity index (χ1n) is 8.62. The molecule has 0 aliphatic heterocycles. The van der Waals surface area contributed by atoms with Crippen molar-refractivity contribution in [3.8, 4) is 5.82 Å². The molecule has 1 N–H and O–H groups in total. The van der Waals surface area contributed by atoms with Gasteiger partial charge in [0.05, 0.1) is 15.5 Å². The third-order valence-corrected chi connectivity index (χ3v) is 5.63. The molecule has 1 aromatic carbocycles. The molecular weight excluding hydrogens is 420 g/mol. The Balaban J connectivity index is 1.80. The number of halogens is 2. The molecular formula is C18H17F2N5O4S. The minimum atomic E-state index is -4.93. The number of nitrogens with one attached hydrogen (secondary N) is 1. The average Bonchev–Trinajstić information content (AvgIpc) is 3.04. The summed E-state index contributed by atoms with van der Waals surface area (Å²) >= 11 is 0. The quantitative estimate of drug-likeness (QED) is 0.444. The Morgan fingerprint density at radius 2 is 1.93 bits per heavy atom. The van der Waals surface area contributed by atoms with Crippen molar-refractivity contribution in [2.75, 3.05) is 5.32 Å². The third kappa shape index (κ3) is 4.27. The second kappa shape index (κ2) is 8.14. The van der Waals surface area contributed by atoms with E-state index in [1.807, 2.05) is 19.9 Å². The summed E-state index contributed by atoms with van der Waals surface area (Å²) in [4.78, 5) is 14.0. The number of alkyl halides is 2. The van der Waals surface area contributed by atoms with Gasteiger partial charge in [-0.25, -0.2) is 18.1 Å². The summed E-state index contributed by atoms with van der Waals surface area (Å²) in [6.45, 7) is 3.91. The van der Waals surface area contributed by atoms with E-state index in [0.29, 0.717) is 17.4 Å². The zero-order valence-electron chi connectivity index (χ0n) is 15.9. The number of rotatable bonds is 7. The molecule has 0 saturated carbocycles. The first-order valence-corrected chi connectivity index (χ1v) is 10.2. The summed E-state index contributed by atoms with van der Waals surface area (Å²) in [6.07, 6.45) is 1.57. The van der Waals surface area contributed by atoms with Crippen LogP contribution in [0.25, 0.3) is 5.82 Å². The van der Waals surface area contributed by atoms with Crippen molar-refractivity contribution in [3.05, 3.63) is 69.7 Å². The maximum absolute atomic E-state index is 12.7. The highest BCUT2D eigenvalue weighted by atomic mass is 32.2. The van der Waals surface area contributed by atoms with Gasteiger partial charge >= 0.3 is 5.76 Å². The summed E-state index contributed by atoms with van der Waals surface area (Å²) in [5, 5.41) is 18.4. The van der Waals surface area contributed by atoms with Crippen molar-refractivity contribution in [2.45, 2.75) is 31.0 Å². The minimum Gasteiger partial charge on any atom is -0.375 e. The highest BCUT2D eigenvalue weighted by Crippen LogP contribution is 2.30. The van der Waals surface area contributed by atoms with E-state index < -0.39 is 31.1 Å². The lowest BCUT2D eigenvalue weighted by Crippen LogP contribution is -2.12. The Morgan fingerprint density at radius 1 is 1.20 bits per heavy atom. The molecule has 0 aliphatic carbocycles. The van der Waals surface area contributed by atoms with E-state index in [2.05, 4.69) is 15.4 Å². The second-order valence-electron chi connectivity index (χ2n) is 6.46. The highest BCUT2D eigenvalue weighted by Gasteiger charge is 2.29. The molecule has 9 nitrogen and oxygen atoms in total. The van der Waals surface area contributed by atoms with E-state index in [0.717, 1.165) is 23.5 Å². The molecule has 3 rings (SSSR count). The van der Waals surface area contributed by atoms with Crippen LogP contribution in [0, 0.1) is 24.0 Å². The SMILES string of the molecule is Cc1cc(C)n(-c2ccc(CNc3ccc(S(=O)(=O)C(F)F)cc3[N+](=O)[O-])cn2)n1. The molecule has 30 heavy (non-hydrogen) atoms. The van der Waals surface area contributed by atoms with Crippen molar-refractivity contribution in [2.24, 2.45) is 0 Å². The Morgan fingerprint density at radius 3 is 2.47 bits per heavy atom. The van der Waals surface area contributed by atoms with Gasteiger partial charge in [0.2, 0.25) is 9.84 Å². The van der Waals surface area contributed by atoms with Gasteiger partial charge in [0.15, 0.2) is 5.82 Å². The van der Waals surface area contributed by atoms with Gasteiger partial charge in [0.25, 0.3) is 5.69 Å². The number of benzene rings is 1. The molecule has 0 amide bonds. The zero-order valence-corrected chi connectivity index (χ0v) is 16.7. The topological polar surface area (TPSA) is 120 Å². The van der Waals surface area contributed by atoms with Gasteiger partial charge in [0, 0.05) is 24.5 Å². The van der Waals surface area contributed by atoms with E-state index in [1.165, 1.54) is 0 Å². The molecule has 0 bridgehead atoms. The van der Waals surface area contributed by atoms with Crippen molar-refractivity contribution < 1.29 is 22.1 Å². The van der Waals surface area contributed by atoms with Crippen molar-refractivity contribution in [1.82, 2.24) is 14.8 Å². The summed E-state index contributed by atoms with van der Waals surface area (Å²) in [5.41, 5.74) is 1.84. The fourth-order valence-corrected chi connectivity index (χ4v) is 3.54. The molecule has 0 aliphatic rings. The standard InChI is InChI=1S/C18H17F2N5O4S/c1-11-7-12(2)24(23-11)17-6-3-13(10-22-17)9-21-15-5-4-14(8-16(15)25(26)27)30(28,29)18(19)20/h3-8,10,18,21H,9H2,1-2H3. The monoisotopic (exact) mass is 437 g/mol. The summed E-state index contributed by atoms with van der Waals surface area (Å²) in [7, 11) is -4.93. The van der Waals surface area contributed by atoms with Crippen LogP contribution in [-0.2, 0) is 16.4 Å². The maximum Gasteiger partial charge on any atom is 0.341 e. The molecule has 158 valence electrons. The van der Waals surface area contributed by atoms with E-state index in [-0.39, 0.29) is 12.2 Å². The van der Waals surface area contributed by atoms with Gasteiger partial charge in [-0.1, -0.05) is 6.07 Å². The fourth-order valence-electron chi connectivity index (χ4n) is 2.80. The number of aryl methyl sites for hydroxylation is 2. The van der Waals surface area contributed by atoms with Crippen LogP contribution in [0.2, 0.25) is 0 Å². The Kier molecular flexibility index (Phi) is 5.78. The van der Waals surface area contributed by atoms with Crippen LogP contribution in [0.5, 0.6) is 0 Å². The van der Waals surface area contributed by atoms with Gasteiger partial charge in [-0.3, -0.25) is 10.1 Å². The number of hydrogen-bond acceptors (Lipinski definition) is 7. The number of pyridine rings is 1. The molecule has 0 saturated heterocycles. The van der Waals surface area contributed by atoms with Gasteiger partial charge in [-0.05, 0) is 43.7 Å². The number of hydrogen-bond donors (Lipinski definition) is 1. The Bertz CT molecular complexity index is 1190. The van der Waals surface area contributed by atoms with E-state index in [4.69, 9.17) is 0 Å². The first kappa shape index (κ1) is 21.3. The molecule has 3 aromatic rings. The summed E-state index contributed by atoms with van der Waals surface area (Å²) < 4.78 is 50.2. The lowest BCUT2D eigenvalue weighted by molar-refractivity contribution is -0.384. The van der Waals surface area contributed by atoms with Crippen LogP contribution < -0.4 is 5.32 Å². The largest absolute Gasteiger partial charge is 0.375 e. The van der Waals surface area contributed by atoms with E-state index >= 15 is 0 Å². The Labute approximate surface area is 170 Å². The van der Waals surface area contributed by atoms with E-state index in [9.17, 15) is 27.3 Å². The van der Waals surface area contributed by atoms with Crippen molar-refractivity contribution in [1.29, 1.82) is 0 Å². The number of anilines is 1. The molecule has 12 heteroatoms. The van der Waals surface area contributed by atoms with Gasteiger partial charge in [-0.15, -0.1) is 0 Å². The molecule has 0 spiro atoms. The first-order chi connectivity index (χ1) is 14.1. The lowest BCUT2D eigenvalue weighted by atomic mass is 10.2. The van der Waals surface area contributed by atoms with Gasteiger partial charge in [0.1, 0.15) is 5.69 Å². The summed E-state index contributed by atoms with van der Waals surface area (Å²) in [6, 6.07) is 8.02. The van der Waals surface area contributed by atoms with Gasteiger partial charge < -0.3 is 5.32 Å². The van der Waals surface area contributed by atoms with Crippen molar-refractivity contribution in [3.63, 3.8) is 0 Å². The smallest absolute Gasteiger partial charge is 0.341 e. The fraction of sp³-hybridized carbons (Fsp3) is 0.222. The predicted molar refractivity (Wildman–Crippen MR) is 104 cm³/mol. The average molecular weight is 437 g/mol. The maximum atomic E-state index is 12.7. The van der Waals surface area contributed by atoms with Crippen LogP contribution in [0.3, 0.4) is 0 Å². The number of nitro benzene ring substituents is 1. The number of nitro groups is 1. The van der Waals surface area contributed by atoms with Crippen LogP contribution >= 0.6 is 0 Å². The molecule has 2 heterocycles. The molecule has 0 fully saturated rings. The normalized spacial score (nSPS) is 11.6.